The summed E-state index contributed by atoms with van der Waals surface area (Å²) in [5, 5.41) is 6.34. The molecule has 0 atom stereocenters. The summed E-state index contributed by atoms with van der Waals surface area (Å²) < 4.78 is 0. The molecule has 2 rings (SSSR count). The minimum Gasteiger partial charge on any atom is -0.370 e. The Kier molecular flexibility index (Phi) is 6.44. The zero-order valence-electron chi connectivity index (χ0n) is 12.9. The van der Waals surface area contributed by atoms with E-state index in [9.17, 15) is 4.79 Å². The standard InChI is InChI=1S/C16H26N4O/c1-2-3-10-17-15-11-14(18-12-19-15)16(21)20-13-8-6-4-5-7-9-13/h11-13H,2-10H2,1H3,(H,20,21)(H,17,18,19). The molecule has 5 nitrogen and oxygen atoms in total. The first-order valence-corrected chi connectivity index (χ1v) is 8.16. The van der Waals surface area contributed by atoms with E-state index in [0.29, 0.717) is 11.7 Å². The van der Waals surface area contributed by atoms with Gasteiger partial charge in [0.25, 0.3) is 5.91 Å². The van der Waals surface area contributed by atoms with Gasteiger partial charge in [-0.05, 0) is 19.3 Å². The Labute approximate surface area is 127 Å². The van der Waals surface area contributed by atoms with Crippen molar-refractivity contribution in [3.8, 4) is 0 Å². The number of aromatic nitrogens is 2. The number of anilines is 1. The van der Waals surface area contributed by atoms with E-state index >= 15 is 0 Å². The van der Waals surface area contributed by atoms with Gasteiger partial charge < -0.3 is 10.6 Å². The Hall–Kier alpha value is -1.65. The van der Waals surface area contributed by atoms with Crippen molar-refractivity contribution in [3.63, 3.8) is 0 Å². The average Bonchev–Trinajstić information content (AvgIpc) is 2.76. The van der Waals surface area contributed by atoms with Crippen LogP contribution < -0.4 is 10.6 Å². The third-order valence-electron chi connectivity index (χ3n) is 3.93. The van der Waals surface area contributed by atoms with Gasteiger partial charge >= 0.3 is 0 Å². The summed E-state index contributed by atoms with van der Waals surface area (Å²) in [6.45, 7) is 3.02. The van der Waals surface area contributed by atoms with E-state index in [-0.39, 0.29) is 5.91 Å². The lowest BCUT2D eigenvalue weighted by atomic mass is 10.1. The molecular weight excluding hydrogens is 264 g/mol. The van der Waals surface area contributed by atoms with E-state index in [2.05, 4.69) is 27.5 Å². The van der Waals surface area contributed by atoms with Crippen LogP contribution in [0.15, 0.2) is 12.4 Å². The molecule has 0 unspecified atom stereocenters. The second-order valence-electron chi connectivity index (χ2n) is 5.73. The Balaban J connectivity index is 1.90. The summed E-state index contributed by atoms with van der Waals surface area (Å²) in [5.41, 5.74) is 0.452. The number of amides is 1. The van der Waals surface area contributed by atoms with Crippen LogP contribution in [0.1, 0.15) is 68.8 Å². The molecule has 21 heavy (non-hydrogen) atoms. The van der Waals surface area contributed by atoms with E-state index in [1.54, 1.807) is 6.07 Å². The first kappa shape index (κ1) is 15.7. The molecule has 1 aromatic heterocycles. The molecule has 1 fully saturated rings. The van der Waals surface area contributed by atoms with Crippen molar-refractivity contribution in [2.75, 3.05) is 11.9 Å². The van der Waals surface area contributed by atoms with Crippen molar-refractivity contribution < 1.29 is 4.79 Å². The summed E-state index contributed by atoms with van der Waals surface area (Å²) in [4.78, 5) is 20.5. The molecule has 0 spiro atoms. The van der Waals surface area contributed by atoms with Crippen molar-refractivity contribution in [1.29, 1.82) is 0 Å². The Morgan fingerprint density at radius 2 is 2.00 bits per heavy atom. The van der Waals surface area contributed by atoms with E-state index in [4.69, 9.17) is 0 Å². The first-order chi connectivity index (χ1) is 10.3. The van der Waals surface area contributed by atoms with Crippen molar-refractivity contribution in [3.05, 3.63) is 18.1 Å². The topological polar surface area (TPSA) is 66.9 Å². The molecule has 1 aliphatic rings. The highest BCUT2D eigenvalue weighted by Gasteiger charge is 2.16. The fourth-order valence-corrected chi connectivity index (χ4v) is 2.65. The van der Waals surface area contributed by atoms with Crippen LogP contribution in [0, 0.1) is 0 Å². The Bertz CT molecular complexity index is 442. The Morgan fingerprint density at radius 1 is 1.24 bits per heavy atom. The van der Waals surface area contributed by atoms with Crippen molar-refractivity contribution in [2.45, 2.75) is 64.3 Å². The van der Waals surface area contributed by atoms with Crippen molar-refractivity contribution >= 4 is 11.7 Å². The van der Waals surface area contributed by atoms with Crippen LogP contribution in [0.2, 0.25) is 0 Å². The van der Waals surface area contributed by atoms with Crippen LogP contribution in [0.5, 0.6) is 0 Å². The van der Waals surface area contributed by atoms with E-state index in [0.717, 1.165) is 38.0 Å². The maximum Gasteiger partial charge on any atom is 0.270 e. The van der Waals surface area contributed by atoms with Gasteiger partial charge in [-0.1, -0.05) is 39.0 Å². The van der Waals surface area contributed by atoms with Crippen LogP contribution in [-0.2, 0) is 0 Å². The number of carbonyl (C=O) groups is 1. The summed E-state index contributed by atoms with van der Waals surface area (Å²) >= 11 is 0. The number of unbranched alkanes of at least 4 members (excludes halogenated alkanes) is 1. The van der Waals surface area contributed by atoms with Gasteiger partial charge in [0, 0.05) is 18.7 Å². The Morgan fingerprint density at radius 3 is 2.71 bits per heavy atom. The molecule has 1 heterocycles. The molecule has 0 aromatic carbocycles. The maximum absolute atomic E-state index is 12.3. The molecule has 0 aliphatic heterocycles. The quantitative estimate of drug-likeness (QED) is 0.624. The smallest absolute Gasteiger partial charge is 0.270 e. The predicted octanol–water partition coefficient (Wildman–Crippen LogP) is 3.14. The summed E-state index contributed by atoms with van der Waals surface area (Å²) in [6.07, 6.45) is 10.8. The molecule has 116 valence electrons. The van der Waals surface area contributed by atoms with Crippen molar-refractivity contribution in [1.82, 2.24) is 15.3 Å². The fraction of sp³-hybridized carbons (Fsp3) is 0.688. The van der Waals surface area contributed by atoms with Crippen LogP contribution in [0.4, 0.5) is 5.82 Å². The third kappa shape index (κ3) is 5.33. The highest BCUT2D eigenvalue weighted by Crippen LogP contribution is 2.17. The van der Waals surface area contributed by atoms with Gasteiger partial charge in [0.1, 0.15) is 17.8 Å². The molecule has 1 saturated carbocycles. The minimum atomic E-state index is -0.0807. The van der Waals surface area contributed by atoms with Gasteiger partial charge in [-0.15, -0.1) is 0 Å². The predicted molar refractivity (Wildman–Crippen MR) is 84.4 cm³/mol. The van der Waals surface area contributed by atoms with Gasteiger partial charge in [-0.3, -0.25) is 4.79 Å². The van der Waals surface area contributed by atoms with Crippen LogP contribution >= 0.6 is 0 Å². The second-order valence-corrected chi connectivity index (χ2v) is 5.73. The summed E-state index contributed by atoms with van der Waals surface area (Å²) in [7, 11) is 0. The highest BCUT2D eigenvalue weighted by atomic mass is 16.1. The molecule has 1 aromatic rings. The van der Waals surface area contributed by atoms with Crippen LogP contribution in [0.3, 0.4) is 0 Å². The van der Waals surface area contributed by atoms with Crippen molar-refractivity contribution in [2.24, 2.45) is 0 Å². The molecule has 2 N–H and O–H groups in total. The number of rotatable bonds is 6. The molecular formula is C16H26N4O. The average molecular weight is 290 g/mol. The lowest BCUT2D eigenvalue weighted by Gasteiger charge is -2.16. The number of nitrogens with zero attached hydrogens (tertiary/aromatic N) is 2. The zero-order valence-corrected chi connectivity index (χ0v) is 12.9. The van der Waals surface area contributed by atoms with Gasteiger partial charge in [-0.25, -0.2) is 9.97 Å². The minimum absolute atomic E-state index is 0.0807. The zero-order chi connectivity index (χ0) is 14.9. The van der Waals surface area contributed by atoms with E-state index in [1.807, 2.05) is 0 Å². The summed E-state index contributed by atoms with van der Waals surface area (Å²) in [6, 6.07) is 2.04. The molecule has 1 aliphatic carbocycles. The number of hydrogen-bond donors (Lipinski definition) is 2. The second kappa shape index (κ2) is 8.60. The lowest BCUT2D eigenvalue weighted by molar-refractivity contribution is 0.0928. The van der Waals surface area contributed by atoms with Gasteiger partial charge in [0.15, 0.2) is 0 Å². The van der Waals surface area contributed by atoms with E-state index < -0.39 is 0 Å². The third-order valence-corrected chi connectivity index (χ3v) is 3.93. The maximum atomic E-state index is 12.3. The normalized spacial score (nSPS) is 16.2. The lowest BCUT2D eigenvalue weighted by Crippen LogP contribution is -2.35. The van der Waals surface area contributed by atoms with Crippen LogP contribution in [-0.4, -0.2) is 28.5 Å². The largest absolute Gasteiger partial charge is 0.370 e. The summed E-state index contributed by atoms with van der Waals surface area (Å²) in [5.74, 6) is 0.646. The van der Waals surface area contributed by atoms with Gasteiger partial charge in [-0.2, -0.15) is 0 Å². The van der Waals surface area contributed by atoms with Gasteiger partial charge in [0.2, 0.25) is 0 Å². The molecule has 1 amide bonds. The van der Waals surface area contributed by atoms with E-state index in [1.165, 1.54) is 32.0 Å². The monoisotopic (exact) mass is 290 g/mol. The van der Waals surface area contributed by atoms with Gasteiger partial charge in [0.05, 0.1) is 0 Å². The molecule has 0 saturated heterocycles. The van der Waals surface area contributed by atoms with Crippen LogP contribution in [0.25, 0.3) is 0 Å². The number of nitrogens with one attached hydrogen (secondary N) is 2. The molecule has 5 heteroatoms. The highest BCUT2D eigenvalue weighted by molar-refractivity contribution is 5.93. The first-order valence-electron chi connectivity index (χ1n) is 8.16. The SMILES string of the molecule is CCCCNc1cc(C(=O)NC2CCCCCC2)ncn1. The number of carbonyl (C=O) groups excluding carboxylic acids is 1. The fourth-order valence-electron chi connectivity index (χ4n) is 2.65. The number of hydrogen-bond acceptors (Lipinski definition) is 4. The molecule has 0 radical (unpaired) electrons. The molecule has 0 bridgehead atoms.